The summed E-state index contributed by atoms with van der Waals surface area (Å²) >= 11 is 6.53. The Kier molecular flexibility index (Phi) is 4.53. The van der Waals surface area contributed by atoms with Gasteiger partial charge in [-0.15, -0.1) is 5.10 Å². The van der Waals surface area contributed by atoms with Gasteiger partial charge >= 0.3 is 0 Å². The third-order valence-electron chi connectivity index (χ3n) is 6.03. The molecule has 0 atom stereocenters. The molecule has 0 aliphatic heterocycles. The minimum Gasteiger partial charge on any atom is -0.494 e. The number of anilines is 1. The first-order chi connectivity index (χ1) is 14.8. The highest BCUT2D eigenvalue weighted by molar-refractivity contribution is 6.31. The van der Waals surface area contributed by atoms with Crippen molar-refractivity contribution >= 4 is 34.1 Å². The number of pyridine rings is 1. The van der Waals surface area contributed by atoms with Crippen molar-refractivity contribution in [1.82, 2.24) is 24.6 Å². The van der Waals surface area contributed by atoms with Crippen LogP contribution < -0.4 is 16.2 Å². The van der Waals surface area contributed by atoms with Crippen molar-refractivity contribution in [3.05, 3.63) is 52.6 Å². The van der Waals surface area contributed by atoms with Gasteiger partial charge in [0.1, 0.15) is 11.3 Å². The summed E-state index contributed by atoms with van der Waals surface area (Å²) in [5, 5.41) is 6.16. The highest BCUT2D eigenvalue weighted by atomic mass is 35.5. The second-order valence-corrected chi connectivity index (χ2v) is 9.12. The van der Waals surface area contributed by atoms with E-state index < -0.39 is 5.54 Å². The lowest BCUT2D eigenvalue weighted by Gasteiger charge is -2.33. The molecule has 0 amide bonds. The number of hydrogen-bond donors (Lipinski definition) is 2. The maximum absolute atomic E-state index is 6.53. The molecular weight excluding hydrogens is 414 g/mol. The zero-order valence-electron chi connectivity index (χ0n) is 17.6. The smallest absolute Gasteiger partial charge is 0.223 e. The van der Waals surface area contributed by atoms with E-state index in [-0.39, 0.29) is 17.8 Å². The number of methoxy groups -OCH3 is 1. The Morgan fingerprint density at radius 1 is 1.19 bits per heavy atom. The second-order valence-electron chi connectivity index (χ2n) is 8.71. The van der Waals surface area contributed by atoms with E-state index in [1.54, 1.807) is 11.6 Å². The molecule has 160 valence electrons. The summed E-state index contributed by atoms with van der Waals surface area (Å²) in [5.74, 6) is 2.19. The minimum atomic E-state index is -0.475. The van der Waals surface area contributed by atoms with Crippen molar-refractivity contribution in [2.45, 2.75) is 44.1 Å². The lowest BCUT2D eigenvalue weighted by molar-refractivity contribution is 0.332. The van der Waals surface area contributed by atoms with E-state index in [4.69, 9.17) is 32.8 Å². The molecule has 31 heavy (non-hydrogen) atoms. The van der Waals surface area contributed by atoms with Crippen LogP contribution in [0, 0.1) is 0 Å². The number of benzene rings is 1. The molecular formula is C22H24ClN7O. The van der Waals surface area contributed by atoms with Gasteiger partial charge in [-0.1, -0.05) is 17.7 Å². The van der Waals surface area contributed by atoms with E-state index in [0.29, 0.717) is 21.9 Å². The number of aromatic nitrogens is 5. The van der Waals surface area contributed by atoms with E-state index in [9.17, 15) is 0 Å². The Labute approximate surface area is 184 Å². The summed E-state index contributed by atoms with van der Waals surface area (Å²) in [6.07, 6.45) is 3.58. The molecule has 3 aromatic heterocycles. The molecule has 0 spiro atoms. The number of rotatable bonds is 4. The van der Waals surface area contributed by atoms with E-state index in [1.807, 2.05) is 44.3 Å². The molecule has 3 heterocycles. The monoisotopic (exact) mass is 437 g/mol. The maximum atomic E-state index is 6.53. The molecule has 1 aliphatic carbocycles. The Balaban J connectivity index is 1.44. The summed E-state index contributed by atoms with van der Waals surface area (Å²) in [6.45, 7) is 3.88. The molecule has 0 radical (unpaired) electrons. The first kappa shape index (κ1) is 20.0. The fourth-order valence-corrected chi connectivity index (χ4v) is 4.45. The van der Waals surface area contributed by atoms with Crippen LogP contribution in [0.2, 0.25) is 5.02 Å². The van der Waals surface area contributed by atoms with Crippen molar-refractivity contribution in [3.8, 4) is 5.75 Å². The van der Waals surface area contributed by atoms with E-state index in [2.05, 4.69) is 15.1 Å². The summed E-state index contributed by atoms with van der Waals surface area (Å²) in [7, 11) is 1.61. The summed E-state index contributed by atoms with van der Waals surface area (Å²) < 4.78 is 7.02. The lowest BCUT2D eigenvalue weighted by atomic mass is 9.72. The molecule has 9 heteroatoms. The Hall–Kier alpha value is -2.97. The summed E-state index contributed by atoms with van der Waals surface area (Å²) in [4.78, 5) is 13.9. The number of para-hydroxylation sites is 1. The first-order valence-electron chi connectivity index (χ1n) is 10.2. The number of halogens is 1. The van der Waals surface area contributed by atoms with Crippen molar-refractivity contribution in [2.24, 2.45) is 5.73 Å². The van der Waals surface area contributed by atoms with Crippen LogP contribution in [0.15, 0.2) is 30.5 Å². The highest BCUT2D eigenvalue weighted by Crippen LogP contribution is 2.48. The fourth-order valence-electron chi connectivity index (χ4n) is 4.13. The third kappa shape index (κ3) is 3.26. The van der Waals surface area contributed by atoms with Crippen molar-refractivity contribution < 1.29 is 4.74 Å². The standard InChI is InChI=1S/C22H24ClN7O/c1-22(2,25)13-9-15(23)17(26-10-13)11-7-12(8-11)19-28-20-14-5-4-6-16(31-3)18(14)27-21(24)30(20)29-19/h4-6,9-12H,7-8,25H2,1-3H3,(H2,24,27). The quantitative estimate of drug-likeness (QED) is 0.498. The Bertz CT molecular complexity index is 1300. The van der Waals surface area contributed by atoms with E-state index in [1.165, 1.54) is 0 Å². The van der Waals surface area contributed by atoms with Gasteiger partial charge in [-0.3, -0.25) is 4.98 Å². The van der Waals surface area contributed by atoms with Crippen LogP contribution in [0.4, 0.5) is 5.95 Å². The topological polar surface area (TPSA) is 117 Å². The van der Waals surface area contributed by atoms with Gasteiger partial charge in [0.2, 0.25) is 5.95 Å². The molecule has 8 nitrogen and oxygen atoms in total. The number of fused-ring (bicyclic) bond motifs is 3. The molecule has 1 aliphatic rings. The third-order valence-corrected chi connectivity index (χ3v) is 6.33. The maximum Gasteiger partial charge on any atom is 0.223 e. The molecule has 4 aromatic rings. The van der Waals surface area contributed by atoms with Crippen LogP contribution in [0.1, 0.15) is 55.6 Å². The normalized spacial score (nSPS) is 19.0. The van der Waals surface area contributed by atoms with Crippen molar-refractivity contribution in [1.29, 1.82) is 0 Å². The van der Waals surface area contributed by atoms with Crippen LogP contribution in [0.25, 0.3) is 16.6 Å². The van der Waals surface area contributed by atoms with Gasteiger partial charge in [-0.05, 0) is 50.5 Å². The Morgan fingerprint density at radius 3 is 2.65 bits per heavy atom. The van der Waals surface area contributed by atoms with Crippen molar-refractivity contribution in [2.75, 3.05) is 12.8 Å². The van der Waals surface area contributed by atoms with Gasteiger partial charge in [0.15, 0.2) is 11.5 Å². The average Bonchev–Trinajstić information content (AvgIpc) is 3.13. The van der Waals surface area contributed by atoms with Crippen LogP contribution in [0.5, 0.6) is 5.75 Å². The lowest BCUT2D eigenvalue weighted by Crippen LogP contribution is -2.29. The number of nitrogen functional groups attached to an aromatic ring is 1. The predicted molar refractivity (Wildman–Crippen MR) is 120 cm³/mol. The van der Waals surface area contributed by atoms with Crippen LogP contribution in [-0.2, 0) is 5.54 Å². The minimum absolute atomic E-state index is 0.216. The molecule has 1 saturated carbocycles. The molecule has 1 aromatic carbocycles. The molecule has 5 rings (SSSR count). The molecule has 4 N–H and O–H groups in total. The van der Waals surface area contributed by atoms with Crippen molar-refractivity contribution in [3.63, 3.8) is 0 Å². The largest absolute Gasteiger partial charge is 0.494 e. The number of nitrogens with two attached hydrogens (primary N) is 2. The highest BCUT2D eigenvalue weighted by Gasteiger charge is 2.36. The number of nitrogens with zero attached hydrogens (tertiary/aromatic N) is 5. The van der Waals surface area contributed by atoms with E-state index >= 15 is 0 Å². The SMILES string of the molecule is COc1cccc2c1nc(N)n1nc(C3CC(c4ncc(C(C)(C)N)cc4Cl)C3)nc21. The zero-order chi connectivity index (χ0) is 21.9. The predicted octanol–water partition coefficient (Wildman–Crippen LogP) is 3.77. The van der Waals surface area contributed by atoms with Gasteiger partial charge in [0.05, 0.1) is 17.8 Å². The van der Waals surface area contributed by atoms with Crippen LogP contribution >= 0.6 is 11.6 Å². The zero-order valence-corrected chi connectivity index (χ0v) is 18.4. The second kappa shape index (κ2) is 7.03. The van der Waals surface area contributed by atoms with E-state index in [0.717, 1.165) is 35.3 Å². The molecule has 0 bridgehead atoms. The molecule has 1 fully saturated rings. The van der Waals surface area contributed by atoms with Crippen LogP contribution in [0.3, 0.4) is 0 Å². The van der Waals surface area contributed by atoms with Gasteiger partial charge in [-0.2, -0.15) is 4.52 Å². The van der Waals surface area contributed by atoms with Gasteiger partial charge in [0, 0.05) is 29.0 Å². The Morgan fingerprint density at radius 2 is 1.97 bits per heavy atom. The number of ether oxygens (including phenoxy) is 1. The molecule has 0 saturated heterocycles. The fraction of sp³-hybridized carbons (Fsp3) is 0.364. The molecule has 0 unspecified atom stereocenters. The average molecular weight is 438 g/mol. The summed E-state index contributed by atoms with van der Waals surface area (Å²) in [6, 6.07) is 7.64. The summed E-state index contributed by atoms with van der Waals surface area (Å²) in [5.41, 5.74) is 15.0. The van der Waals surface area contributed by atoms with Gasteiger partial charge in [-0.25, -0.2) is 9.97 Å². The van der Waals surface area contributed by atoms with Gasteiger partial charge < -0.3 is 16.2 Å². The van der Waals surface area contributed by atoms with Crippen LogP contribution in [-0.4, -0.2) is 31.7 Å². The first-order valence-corrected chi connectivity index (χ1v) is 10.6. The van der Waals surface area contributed by atoms with Gasteiger partial charge in [0.25, 0.3) is 0 Å². The number of hydrogen-bond acceptors (Lipinski definition) is 7.